The number of fused-ring (bicyclic) bond motifs is 17. The van der Waals surface area contributed by atoms with Crippen molar-refractivity contribution in [3.05, 3.63) is 322 Å². The Hall–Kier alpha value is -12.3. The Balaban J connectivity index is 0.000000135. The van der Waals surface area contributed by atoms with Crippen molar-refractivity contribution in [2.45, 2.75) is 0 Å². The van der Waals surface area contributed by atoms with Crippen molar-refractivity contribution in [1.29, 1.82) is 0 Å². The van der Waals surface area contributed by atoms with Crippen molar-refractivity contribution in [2.75, 3.05) is 0 Å². The molecule has 7 nitrogen and oxygen atoms in total. The number of hydrogen-bond donors (Lipinski definition) is 0. The van der Waals surface area contributed by atoms with Crippen LogP contribution in [0, 0.1) is 0 Å². The summed E-state index contributed by atoms with van der Waals surface area (Å²) in [6.45, 7) is 0. The highest BCUT2D eigenvalue weighted by molar-refractivity contribution is 7.27. The minimum absolute atomic E-state index is 0.625. The lowest BCUT2D eigenvalue weighted by atomic mass is 9.99. The highest BCUT2D eigenvalue weighted by Crippen LogP contribution is 2.48. The van der Waals surface area contributed by atoms with Crippen LogP contribution in [0.15, 0.2) is 322 Å². The van der Waals surface area contributed by atoms with Crippen molar-refractivity contribution in [2.24, 2.45) is 0 Å². The summed E-state index contributed by atoms with van der Waals surface area (Å²) in [5.41, 5.74) is 16.7. The average Bonchev–Trinajstić information content (AvgIpc) is 1.56. The maximum atomic E-state index is 5.09. The van der Waals surface area contributed by atoms with E-state index in [1.54, 1.807) is 0 Å². The van der Waals surface area contributed by atoms with Gasteiger partial charge in [0.1, 0.15) is 0 Å². The first-order chi connectivity index (χ1) is 47.6. The topological polar surface area (TPSA) is 74.3 Å². The van der Waals surface area contributed by atoms with Crippen molar-refractivity contribution in [1.82, 2.24) is 34.1 Å². The van der Waals surface area contributed by atoms with Crippen LogP contribution in [0.3, 0.4) is 0 Å². The Morgan fingerprint density at radius 1 is 0.260 bits per heavy atom. The molecule has 0 atom stereocenters. The molecule has 0 fully saturated rings. The van der Waals surface area contributed by atoms with Crippen LogP contribution in [0.25, 0.3) is 185 Å². The molecular formula is C87H53N7S2. The van der Waals surface area contributed by atoms with Crippen molar-refractivity contribution in [3.63, 3.8) is 0 Å². The first-order valence-corrected chi connectivity index (χ1v) is 33.8. The molecule has 0 saturated heterocycles. The van der Waals surface area contributed by atoms with Gasteiger partial charge >= 0.3 is 0 Å². The number of nitrogens with zero attached hydrogens (tertiary/aromatic N) is 7. The van der Waals surface area contributed by atoms with E-state index in [0.29, 0.717) is 11.8 Å². The molecule has 0 radical (unpaired) electrons. The second-order valence-electron chi connectivity index (χ2n) is 24.3. The van der Waals surface area contributed by atoms with Gasteiger partial charge in [-0.05, 0) is 105 Å². The lowest BCUT2D eigenvalue weighted by Crippen LogP contribution is -2.02. The summed E-state index contributed by atoms with van der Waals surface area (Å²) < 4.78 is 9.85. The highest BCUT2D eigenvalue weighted by Gasteiger charge is 2.24. The van der Waals surface area contributed by atoms with E-state index in [0.717, 1.165) is 78.4 Å². The molecule has 7 aromatic heterocycles. The van der Waals surface area contributed by atoms with Gasteiger partial charge in [0.15, 0.2) is 5.82 Å². The number of benzene rings is 13. The molecule has 0 saturated carbocycles. The zero-order valence-corrected chi connectivity index (χ0v) is 53.2. The first kappa shape index (κ1) is 55.4. The number of pyridine rings is 1. The largest absolute Gasteiger partial charge is 0.309 e. The van der Waals surface area contributed by atoms with Gasteiger partial charge in [-0.1, -0.05) is 237 Å². The van der Waals surface area contributed by atoms with Crippen LogP contribution in [0.5, 0.6) is 0 Å². The van der Waals surface area contributed by atoms with Gasteiger partial charge in [0, 0.05) is 103 Å². The molecule has 0 aliphatic heterocycles. The molecular weight excluding hydrogens is 1210 g/mol. The fourth-order valence-electron chi connectivity index (χ4n) is 14.2. The van der Waals surface area contributed by atoms with Gasteiger partial charge < -0.3 is 4.57 Å². The van der Waals surface area contributed by atoms with Crippen molar-refractivity contribution in [3.8, 4) is 79.2 Å². The van der Waals surface area contributed by atoms with Gasteiger partial charge in [-0.3, -0.25) is 4.57 Å². The lowest BCUT2D eigenvalue weighted by molar-refractivity contribution is 0.991. The maximum Gasteiger partial charge on any atom is 0.234 e. The quantitative estimate of drug-likeness (QED) is 0.152. The van der Waals surface area contributed by atoms with E-state index < -0.39 is 0 Å². The highest BCUT2D eigenvalue weighted by atomic mass is 32.1. The Morgan fingerprint density at radius 3 is 1.40 bits per heavy atom. The summed E-state index contributed by atoms with van der Waals surface area (Å²) in [4.78, 5) is 25.1. The molecule has 0 unspecified atom stereocenters. The summed E-state index contributed by atoms with van der Waals surface area (Å²) >= 11 is 3.71. The molecule has 20 rings (SSSR count). The number of thiophene rings is 2. The molecule has 0 amide bonds. The molecule has 96 heavy (non-hydrogen) atoms. The predicted octanol–water partition coefficient (Wildman–Crippen LogP) is 23.6. The second-order valence-corrected chi connectivity index (χ2v) is 26.4. The van der Waals surface area contributed by atoms with Gasteiger partial charge in [-0.25, -0.2) is 24.9 Å². The Kier molecular flexibility index (Phi) is 13.1. The van der Waals surface area contributed by atoms with Gasteiger partial charge in [0.05, 0.1) is 49.5 Å². The molecule has 0 aliphatic carbocycles. The fraction of sp³-hybridized carbons (Fsp3) is 0. The molecule has 0 spiro atoms. The SMILES string of the molecule is c1ccc(-c2cc(-c3ccc(-n4c5cc6ccccc6cc5c5cc6sc7ccccc7c6cc54)cc3)cc(-c3ccccc3)n2)cc1.c1ccc(-c2cc(-c3cnc(-n4c5ccccc5c5c6ccccc6c6c7ccccc7sc6c54)nc3)nc(-c3ccccc3)n2)cc1. The van der Waals surface area contributed by atoms with Crippen LogP contribution in [0.4, 0.5) is 0 Å². The normalized spacial score (nSPS) is 11.8. The Bertz CT molecular complexity index is 6300. The minimum atomic E-state index is 0.625. The van der Waals surface area contributed by atoms with Crippen LogP contribution in [-0.2, 0) is 0 Å². The Morgan fingerprint density at radius 2 is 0.750 bits per heavy atom. The van der Waals surface area contributed by atoms with E-state index in [4.69, 9.17) is 24.9 Å². The standard InChI is InChI=1S/C45H28N2S.C42H25N5S/c1-3-11-30(12-4-1)40-24-34(25-41(46-40)31-13-5-2-6-14-31)29-19-21-35(22-20-29)47-42-26-33-16-8-7-15-32(33)23-37(42)38-28-45-39(27-43(38)47)36-17-9-10-18-44(36)48-45;1-3-13-26(14-4-1)33-23-34(46-41(45-33)27-15-5-2-6-16-27)28-24-43-42(44-25-28)47-35-21-11-9-19-31(35)37-29-17-7-8-18-30(29)38-32-20-10-12-22-36(32)48-40(38)39(37)47/h1-28H;1-25H. The summed E-state index contributed by atoms with van der Waals surface area (Å²) in [6.07, 6.45) is 3.77. The third-order valence-corrected chi connectivity index (χ3v) is 21.0. The zero-order valence-electron chi connectivity index (χ0n) is 51.5. The summed E-state index contributed by atoms with van der Waals surface area (Å²) in [5.74, 6) is 1.29. The number of rotatable bonds is 8. The van der Waals surface area contributed by atoms with Crippen molar-refractivity contribution < 1.29 is 0 Å². The lowest BCUT2D eigenvalue weighted by Gasteiger charge is -2.12. The molecule has 0 bridgehead atoms. The third kappa shape index (κ3) is 9.35. The summed E-state index contributed by atoms with van der Waals surface area (Å²) in [6, 6.07) is 110. The fourth-order valence-corrected chi connectivity index (χ4v) is 16.6. The van der Waals surface area contributed by atoms with Crippen LogP contribution in [0.1, 0.15) is 0 Å². The van der Waals surface area contributed by atoms with Crippen LogP contribution in [-0.4, -0.2) is 34.1 Å². The molecule has 7 heterocycles. The first-order valence-electron chi connectivity index (χ1n) is 32.2. The van der Waals surface area contributed by atoms with Gasteiger partial charge in [0.25, 0.3) is 0 Å². The van der Waals surface area contributed by atoms with Gasteiger partial charge in [0.2, 0.25) is 5.95 Å². The predicted molar refractivity (Wildman–Crippen MR) is 404 cm³/mol. The Labute approximate surface area is 559 Å². The van der Waals surface area contributed by atoms with Crippen LogP contribution >= 0.6 is 22.7 Å². The van der Waals surface area contributed by atoms with Crippen LogP contribution in [0.2, 0.25) is 0 Å². The molecule has 448 valence electrons. The van der Waals surface area contributed by atoms with E-state index in [-0.39, 0.29) is 0 Å². The minimum Gasteiger partial charge on any atom is -0.309 e. The zero-order chi connectivity index (χ0) is 63.2. The molecule has 0 N–H and O–H groups in total. The van der Waals surface area contributed by atoms with E-state index in [1.807, 2.05) is 102 Å². The average molecular weight is 1260 g/mol. The maximum absolute atomic E-state index is 5.09. The monoisotopic (exact) mass is 1260 g/mol. The summed E-state index contributed by atoms with van der Waals surface area (Å²) in [5, 5.41) is 15.2. The second kappa shape index (κ2) is 22.8. The van der Waals surface area contributed by atoms with E-state index in [9.17, 15) is 0 Å². The van der Waals surface area contributed by atoms with E-state index in [1.165, 1.54) is 94.5 Å². The van der Waals surface area contributed by atoms with E-state index in [2.05, 4.69) is 252 Å². The molecule has 9 heteroatoms. The smallest absolute Gasteiger partial charge is 0.234 e. The van der Waals surface area contributed by atoms with Gasteiger partial charge in [-0.15, -0.1) is 22.7 Å². The van der Waals surface area contributed by atoms with Gasteiger partial charge in [-0.2, -0.15) is 0 Å². The number of hydrogen-bond acceptors (Lipinski definition) is 7. The number of aromatic nitrogens is 7. The molecule has 20 aromatic rings. The van der Waals surface area contributed by atoms with Crippen molar-refractivity contribution >= 4 is 128 Å². The number of para-hydroxylation sites is 1. The molecule has 0 aliphatic rings. The molecule has 13 aromatic carbocycles. The third-order valence-electron chi connectivity index (χ3n) is 18.7. The summed E-state index contributed by atoms with van der Waals surface area (Å²) in [7, 11) is 0. The van der Waals surface area contributed by atoms with Crippen LogP contribution < -0.4 is 0 Å². The van der Waals surface area contributed by atoms with E-state index >= 15 is 0 Å².